The van der Waals surface area contributed by atoms with E-state index < -0.39 is 0 Å². The Bertz CT molecular complexity index is 790. The van der Waals surface area contributed by atoms with Crippen LogP contribution in [0.15, 0.2) is 72.9 Å². The molecule has 0 fully saturated rings. The van der Waals surface area contributed by atoms with Crippen LogP contribution >= 0.6 is 0 Å². The molecule has 1 aromatic rings. The van der Waals surface area contributed by atoms with Gasteiger partial charge in [0.2, 0.25) is 0 Å². The fourth-order valence-electron chi connectivity index (χ4n) is 3.02. The molecule has 0 heteroatoms. The van der Waals surface area contributed by atoms with Crippen LogP contribution in [0.25, 0.3) is 11.1 Å². The summed E-state index contributed by atoms with van der Waals surface area (Å²) < 4.78 is 0. The molecular weight excluding hydrogens is 240 g/mol. The second-order valence-electron chi connectivity index (χ2n) is 5.19. The van der Waals surface area contributed by atoms with Gasteiger partial charge in [-0.1, -0.05) is 84.7 Å². The molecule has 0 saturated heterocycles. The van der Waals surface area contributed by atoms with Crippen molar-refractivity contribution in [2.24, 2.45) is 11.8 Å². The van der Waals surface area contributed by atoms with E-state index in [1.807, 2.05) is 0 Å². The molecule has 0 amide bonds. The van der Waals surface area contributed by atoms with Gasteiger partial charge in [-0.2, -0.15) is 0 Å². The number of rotatable bonds is 0. The van der Waals surface area contributed by atoms with Crippen molar-refractivity contribution in [3.8, 4) is 11.8 Å². The highest BCUT2D eigenvalue weighted by Crippen LogP contribution is 2.22. The summed E-state index contributed by atoms with van der Waals surface area (Å²) in [5.41, 5.74) is 2.62. The zero-order chi connectivity index (χ0) is 13.4. The Morgan fingerprint density at radius 2 is 1.15 bits per heavy atom. The number of fused-ring (bicyclic) bond motifs is 3. The van der Waals surface area contributed by atoms with E-state index in [2.05, 4.69) is 84.7 Å². The normalized spacial score (nSPS) is 30.4. The lowest BCUT2D eigenvalue weighted by Gasteiger charge is -2.18. The van der Waals surface area contributed by atoms with Gasteiger partial charge in [0, 0.05) is 0 Å². The lowest BCUT2D eigenvalue weighted by atomic mass is 9.85. The second-order valence-corrected chi connectivity index (χ2v) is 5.19. The lowest BCUT2D eigenvalue weighted by molar-refractivity contribution is 1.07. The molecule has 0 radical (unpaired) electrons. The molecule has 1 aromatic carbocycles. The van der Waals surface area contributed by atoms with Crippen LogP contribution in [-0.4, -0.2) is 0 Å². The van der Waals surface area contributed by atoms with Crippen molar-refractivity contribution in [3.05, 3.63) is 83.3 Å². The SMILES string of the molecule is C1#CC2C=CC=C/C2=c2\cccc\c2=C2/C=CC=CC12. The molecule has 0 heterocycles. The number of hydrogen-bond acceptors (Lipinski definition) is 0. The molecule has 3 aliphatic carbocycles. The third-order valence-corrected chi connectivity index (χ3v) is 3.99. The quantitative estimate of drug-likeness (QED) is 0.624. The molecule has 0 aromatic heterocycles. The van der Waals surface area contributed by atoms with Crippen molar-refractivity contribution in [1.82, 2.24) is 0 Å². The van der Waals surface area contributed by atoms with Crippen LogP contribution in [0.3, 0.4) is 0 Å². The summed E-state index contributed by atoms with van der Waals surface area (Å²) in [6.07, 6.45) is 17.2. The Morgan fingerprint density at radius 3 is 1.65 bits per heavy atom. The molecule has 0 aliphatic heterocycles. The maximum atomic E-state index is 3.43. The summed E-state index contributed by atoms with van der Waals surface area (Å²) in [5, 5.41) is 2.62. The lowest BCUT2D eigenvalue weighted by Crippen LogP contribution is -2.32. The molecule has 94 valence electrons. The molecule has 0 nitrogen and oxygen atoms in total. The Hall–Kier alpha value is -2.52. The number of allylic oxidation sites excluding steroid dienone is 8. The van der Waals surface area contributed by atoms with Crippen LogP contribution in [0.2, 0.25) is 0 Å². The standard InChI is InChI=1S/C20H14/c1-3-9-17-15(7-1)13-14-16-8-2-4-10-18(16)20-12-6-5-11-19(17)20/h1-12,15-16H/b19-17-,20-18-. The molecule has 0 N–H and O–H groups in total. The zero-order valence-electron chi connectivity index (χ0n) is 11.1. The van der Waals surface area contributed by atoms with Crippen molar-refractivity contribution < 1.29 is 0 Å². The van der Waals surface area contributed by atoms with E-state index in [9.17, 15) is 0 Å². The fourth-order valence-corrected chi connectivity index (χ4v) is 3.02. The van der Waals surface area contributed by atoms with Gasteiger partial charge in [-0.05, 0) is 21.6 Å². The van der Waals surface area contributed by atoms with E-state index in [4.69, 9.17) is 0 Å². The van der Waals surface area contributed by atoms with Gasteiger partial charge in [-0.3, -0.25) is 0 Å². The first kappa shape index (κ1) is 11.3. The summed E-state index contributed by atoms with van der Waals surface area (Å²) in [6, 6.07) is 8.65. The zero-order valence-corrected chi connectivity index (χ0v) is 11.1. The summed E-state index contributed by atoms with van der Waals surface area (Å²) >= 11 is 0. The molecular formula is C20H14. The van der Waals surface area contributed by atoms with Gasteiger partial charge in [-0.25, -0.2) is 0 Å². The molecule has 20 heavy (non-hydrogen) atoms. The summed E-state index contributed by atoms with van der Waals surface area (Å²) in [7, 11) is 0. The summed E-state index contributed by atoms with van der Waals surface area (Å²) in [4.78, 5) is 0. The average molecular weight is 254 g/mol. The van der Waals surface area contributed by atoms with Crippen molar-refractivity contribution in [2.75, 3.05) is 0 Å². The summed E-state index contributed by atoms with van der Waals surface area (Å²) in [6.45, 7) is 0. The van der Waals surface area contributed by atoms with Crippen LogP contribution in [0.4, 0.5) is 0 Å². The first-order valence-corrected chi connectivity index (χ1v) is 6.98. The molecule has 3 aliphatic rings. The van der Waals surface area contributed by atoms with E-state index >= 15 is 0 Å². The molecule has 4 rings (SSSR count). The largest absolute Gasteiger partial charge is 0.0899 e. The Kier molecular flexibility index (Phi) is 2.57. The van der Waals surface area contributed by atoms with Gasteiger partial charge in [0.25, 0.3) is 0 Å². The van der Waals surface area contributed by atoms with Gasteiger partial charge >= 0.3 is 0 Å². The highest BCUT2D eigenvalue weighted by atomic mass is 14.2. The van der Waals surface area contributed by atoms with Crippen molar-refractivity contribution in [1.29, 1.82) is 0 Å². The number of hydrogen-bond donors (Lipinski definition) is 0. The predicted molar refractivity (Wildman–Crippen MR) is 83.8 cm³/mol. The second kappa shape index (κ2) is 4.54. The van der Waals surface area contributed by atoms with Gasteiger partial charge in [0.1, 0.15) is 0 Å². The van der Waals surface area contributed by atoms with Crippen molar-refractivity contribution in [3.63, 3.8) is 0 Å². The van der Waals surface area contributed by atoms with E-state index in [-0.39, 0.29) is 11.8 Å². The predicted octanol–water partition coefficient (Wildman–Crippen LogP) is 2.49. The van der Waals surface area contributed by atoms with Gasteiger partial charge in [0.15, 0.2) is 0 Å². The van der Waals surface area contributed by atoms with Crippen molar-refractivity contribution >= 4 is 11.1 Å². The van der Waals surface area contributed by atoms with Crippen LogP contribution in [0.1, 0.15) is 0 Å². The Labute approximate surface area is 118 Å². The van der Waals surface area contributed by atoms with E-state index in [0.717, 1.165) is 0 Å². The molecule has 0 bridgehead atoms. The van der Waals surface area contributed by atoms with Gasteiger partial charge in [0.05, 0.1) is 11.8 Å². The van der Waals surface area contributed by atoms with Crippen LogP contribution in [-0.2, 0) is 0 Å². The maximum absolute atomic E-state index is 3.43. The smallest absolute Gasteiger partial charge is 0.0642 e. The van der Waals surface area contributed by atoms with E-state index in [1.54, 1.807) is 0 Å². The van der Waals surface area contributed by atoms with Gasteiger partial charge < -0.3 is 0 Å². The summed E-state index contributed by atoms with van der Waals surface area (Å²) in [5.74, 6) is 7.29. The van der Waals surface area contributed by atoms with E-state index in [1.165, 1.54) is 21.6 Å². The molecule has 2 atom stereocenters. The van der Waals surface area contributed by atoms with Crippen molar-refractivity contribution in [2.45, 2.75) is 0 Å². The molecule has 2 unspecified atom stereocenters. The van der Waals surface area contributed by atoms with Crippen LogP contribution < -0.4 is 10.4 Å². The van der Waals surface area contributed by atoms with Crippen LogP contribution in [0, 0.1) is 23.7 Å². The average Bonchev–Trinajstić information content (AvgIpc) is 2.52. The molecule has 0 saturated carbocycles. The third-order valence-electron chi connectivity index (χ3n) is 3.99. The minimum atomic E-state index is 0.210. The monoisotopic (exact) mass is 254 g/mol. The van der Waals surface area contributed by atoms with Crippen LogP contribution in [0.5, 0.6) is 0 Å². The number of benzene rings is 1. The maximum Gasteiger partial charge on any atom is 0.0642 e. The highest BCUT2D eigenvalue weighted by Gasteiger charge is 2.16. The Balaban J connectivity index is 2.19. The first-order valence-electron chi connectivity index (χ1n) is 6.98. The Morgan fingerprint density at radius 1 is 0.650 bits per heavy atom. The van der Waals surface area contributed by atoms with E-state index in [0.29, 0.717) is 0 Å². The fraction of sp³-hybridized carbons (Fsp3) is 0.100. The topological polar surface area (TPSA) is 0 Å². The highest BCUT2D eigenvalue weighted by molar-refractivity contribution is 5.73. The van der Waals surface area contributed by atoms with Gasteiger partial charge in [-0.15, -0.1) is 0 Å². The minimum Gasteiger partial charge on any atom is -0.0899 e. The molecule has 0 spiro atoms. The first-order chi connectivity index (χ1) is 9.93. The minimum absolute atomic E-state index is 0.210. The third kappa shape index (κ3) is 1.72.